The Hall–Kier alpha value is -2.38. The van der Waals surface area contributed by atoms with Gasteiger partial charge >= 0.3 is 11.9 Å². The molecule has 0 radical (unpaired) electrons. The number of hydrogen-bond donors (Lipinski definition) is 0. The van der Waals surface area contributed by atoms with E-state index in [0.29, 0.717) is 16.3 Å². The summed E-state index contributed by atoms with van der Waals surface area (Å²) in [5, 5.41) is 0.555. The number of halogens is 1. The van der Waals surface area contributed by atoms with Crippen LogP contribution in [0.4, 0.5) is 0 Å². The van der Waals surface area contributed by atoms with Gasteiger partial charge in [-0.25, -0.2) is 4.79 Å². The molecule has 0 fully saturated rings. The third-order valence-electron chi connectivity index (χ3n) is 4.43. The van der Waals surface area contributed by atoms with Gasteiger partial charge in [0, 0.05) is 30.2 Å². The van der Waals surface area contributed by atoms with E-state index in [4.69, 9.17) is 25.8 Å². The topological polar surface area (TPSA) is 82.1 Å². The van der Waals surface area contributed by atoms with Crippen LogP contribution in [0.5, 0.6) is 0 Å². The number of ether oxygens (including phenoxy) is 3. The van der Waals surface area contributed by atoms with Crippen LogP contribution in [0, 0.1) is 0 Å². The molecule has 0 saturated heterocycles. The predicted octanol–water partition coefficient (Wildman–Crippen LogP) is 2.68. The number of rotatable bonds is 8. The number of allylic oxidation sites excluding steroid dienone is 1. The lowest BCUT2D eigenvalue weighted by molar-refractivity contribution is -0.149. The van der Waals surface area contributed by atoms with Gasteiger partial charge in [-0.05, 0) is 31.5 Å². The van der Waals surface area contributed by atoms with Crippen molar-refractivity contribution in [2.24, 2.45) is 0 Å². The van der Waals surface area contributed by atoms with Gasteiger partial charge in [0.1, 0.15) is 13.2 Å². The maximum absolute atomic E-state index is 12.8. The molecule has 1 aliphatic heterocycles. The molecule has 1 aromatic rings. The molecule has 152 valence electrons. The van der Waals surface area contributed by atoms with Gasteiger partial charge in [0.2, 0.25) is 5.91 Å². The van der Waals surface area contributed by atoms with Gasteiger partial charge in [-0.15, -0.1) is 0 Å². The molecular weight excluding hydrogens is 386 g/mol. The lowest BCUT2D eigenvalue weighted by Gasteiger charge is -2.33. The van der Waals surface area contributed by atoms with Gasteiger partial charge in [-0.2, -0.15) is 0 Å². The third kappa shape index (κ3) is 5.33. The number of carbonyl (C=O) groups excluding carboxylic acids is 3. The van der Waals surface area contributed by atoms with Gasteiger partial charge in [-0.1, -0.05) is 23.7 Å². The van der Waals surface area contributed by atoms with E-state index in [9.17, 15) is 14.4 Å². The van der Waals surface area contributed by atoms with Crippen molar-refractivity contribution in [3.63, 3.8) is 0 Å². The molecule has 0 N–H and O–H groups in total. The van der Waals surface area contributed by atoms with Crippen LogP contribution in [-0.2, 0) is 28.6 Å². The molecule has 1 heterocycles. The Balaban J connectivity index is 2.40. The number of benzene rings is 1. The Morgan fingerprint density at radius 1 is 1.18 bits per heavy atom. The number of nitrogens with zero attached hydrogens (tertiary/aromatic N) is 1. The Morgan fingerprint density at radius 2 is 1.86 bits per heavy atom. The van der Waals surface area contributed by atoms with Crippen LogP contribution in [0.1, 0.15) is 31.7 Å². The van der Waals surface area contributed by atoms with Crippen molar-refractivity contribution in [2.45, 2.75) is 26.2 Å². The van der Waals surface area contributed by atoms with Crippen molar-refractivity contribution >= 4 is 29.4 Å². The first-order chi connectivity index (χ1) is 13.4. The first kappa shape index (κ1) is 21.9. The Labute approximate surface area is 169 Å². The average molecular weight is 410 g/mol. The molecule has 1 aromatic carbocycles. The van der Waals surface area contributed by atoms with Crippen molar-refractivity contribution in [1.29, 1.82) is 0 Å². The van der Waals surface area contributed by atoms with Crippen molar-refractivity contribution < 1.29 is 28.6 Å². The van der Waals surface area contributed by atoms with Crippen LogP contribution < -0.4 is 0 Å². The predicted molar refractivity (Wildman–Crippen MR) is 103 cm³/mol. The molecule has 0 aliphatic carbocycles. The van der Waals surface area contributed by atoms with Crippen LogP contribution in [-0.4, -0.2) is 56.2 Å². The first-order valence-corrected chi connectivity index (χ1v) is 9.35. The second-order valence-corrected chi connectivity index (χ2v) is 6.66. The fourth-order valence-corrected chi connectivity index (χ4v) is 3.20. The van der Waals surface area contributed by atoms with E-state index in [1.807, 2.05) is 0 Å². The zero-order chi connectivity index (χ0) is 20.7. The summed E-state index contributed by atoms with van der Waals surface area (Å²) in [5.74, 6) is -1.83. The summed E-state index contributed by atoms with van der Waals surface area (Å²) in [4.78, 5) is 38.7. The van der Waals surface area contributed by atoms with Crippen LogP contribution in [0.25, 0.3) is 0 Å². The quantitative estimate of drug-likeness (QED) is 0.485. The molecular formula is C20H24ClNO6. The van der Waals surface area contributed by atoms with Crippen molar-refractivity contribution in [3.8, 4) is 0 Å². The van der Waals surface area contributed by atoms with Gasteiger partial charge < -0.3 is 19.1 Å². The van der Waals surface area contributed by atoms with Crippen LogP contribution in [0.15, 0.2) is 35.5 Å². The normalized spacial score (nSPS) is 16.9. The molecule has 0 bridgehead atoms. The summed E-state index contributed by atoms with van der Waals surface area (Å²) < 4.78 is 15.2. The zero-order valence-electron chi connectivity index (χ0n) is 16.2. The fourth-order valence-electron chi connectivity index (χ4n) is 3.08. The molecule has 1 aliphatic rings. The van der Waals surface area contributed by atoms with E-state index in [1.54, 1.807) is 38.1 Å². The SMILES string of the molecule is CCOC(=O)CN1C(=O)C[C@@H](c2ccc(Cl)cc2)C(C(=O)OCCOC)=C1C. The molecule has 28 heavy (non-hydrogen) atoms. The lowest BCUT2D eigenvalue weighted by Crippen LogP contribution is -2.41. The van der Waals surface area contributed by atoms with E-state index in [-0.39, 0.29) is 38.7 Å². The maximum Gasteiger partial charge on any atom is 0.336 e. The second-order valence-electron chi connectivity index (χ2n) is 6.22. The summed E-state index contributed by atoms with van der Waals surface area (Å²) in [6.07, 6.45) is 0.0348. The van der Waals surface area contributed by atoms with Gasteiger partial charge in [0.15, 0.2) is 0 Å². The smallest absolute Gasteiger partial charge is 0.336 e. The summed E-state index contributed by atoms with van der Waals surface area (Å²) in [5.41, 5.74) is 1.49. The first-order valence-electron chi connectivity index (χ1n) is 8.97. The van der Waals surface area contributed by atoms with E-state index in [1.165, 1.54) is 12.0 Å². The number of methoxy groups -OCH3 is 1. The highest BCUT2D eigenvalue weighted by atomic mass is 35.5. The second kappa shape index (κ2) is 10.2. The molecule has 1 amide bonds. The maximum atomic E-state index is 12.8. The van der Waals surface area contributed by atoms with Crippen molar-refractivity contribution in [1.82, 2.24) is 4.90 Å². The minimum absolute atomic E-state index is 0.0348. The number of carbonyl (C=O) groups is 3. The molecule has 0 spiro atoms. The van der Waals surface area contributed by atoms with E-state index in [0.717, 1.165) is 5.56 Å². The van der Waals surface area contributed by atoms with E-state index in [2.05, 4.69) is 0 Å². The van der Waals surface area contributed by atoms with Crippen LogP contribution in [0.2, 0.25) is 5.02 Å². The van der Waals surface area contributed by atoms with Gasteiger partial charge in [-0.3, -0.25) is 9.59 Å². The minimum atomic E-state index is -0.546. The third-order valence-corrected chi connectivity index (χ3v) is 4.68. The van der Waals surface area contributed by atoms with E-state index < -0.39 is 17.9 Å². The van der Waals surface area contributed by atoms with Gasteiger partial charge in [0.05, 0.1) is 18.8 Å². The summed E-state index contributed by atoms with van der Waals surface area (Å²) in [6, 6.07) is 6.96. The molecule has 2 rings (SSSR count). The Bertz CT molecular complexity index is 758. The summed E-state index contributed by atoms with van der Waals surface area (Å²) in [7, 11) is 1.51. The number of esters is 2. The van der Waals surface area contributed by atoms with Crippen molar-refractivity contribution in [2.75, 3.05) is 33.5 Å². The summed E-state index contributed by atoms with van der Waals surface area (Å²) in [6.45, 7) is 3.63. The lowest BCUT2D eigenvalue weighted by atomic mass is 9.83. The monoisotopic (exact) mass is 409 g/mol. The standard InChI is InChI=1S/C20H24ClNO6/c1-4-27-18(24)12-22-13(2)19(20(25)28-10-9-26-3)16(11-17(22)23)14-5-7-15(21)8-6-14/h5-8,16H,4,9-12H2,1-3H3/t16-/m0/s1. The molecule has 1 atom stereocenters. The minimum Gasteiger partial charge on any atom is -0.465 e. The molecule has 0 saturated carbocycles. The largest absolute Gasteiger partial charge is 0.465 e. The average Bonchev–Trinajstić information content (AvgIpc) is 2.65. The van der Waals surface area contributed by atoms with E-state index >= 15 is 0 Å². The summed E-state index contributed by atoms with van der Waals surface area (Å²) >= 11 is 5.96. The zero-order valence-corrected chi connectivity index (χ0v) is 17.0. The van der Waals surface area contributed by atoms with Crippen LogP contribution in [0.3, 0.4) is 0 Å². The number of amides is 1. The Morgan fingerprint density at radius 3 is 2.46 bits per heavy atom. The molecule has 8 heteroatoms. The molecule has 0 aromatic heterocycles. The van der Waals surface area contributed by atoms with Crippen molar-refractivity contribution in [3.05, 3.63) is 46.1 Å². The number of hydrogen-bond acceptors (Lipinski definition) is 6. The van der Waals surface area contributed by atoms with Gasteiger partial charge in [0.25, 0.3) is 0 Å². The molecule has 0 unspecified atom stereocenters. The Kier molecular flexibility index (Phi) is 8.02. The highest BCUT2D eigenvalue weighted by molar-refractivity contribution is 6.30. The fraction of sp³-hybridized carbons (Fsp3) is 0.450. The highest BCUT2D eigenvalue weighted by Gasteiger charge is 2.37. The highest BCUT2D eigenvalue weighted by Crippen LogP contribution is 2.37. The van der Waals surface area contributed by atoms with Crippen LogP contribution >= 0.6 is 11.6 Å². The molecule has 7 nitrogen and oxygen atoms in total.